The van der Waals surface area contributed by atoms with E-state index in [0.717, 1.165) is 6.42 Å². The predicted molar refractivity (Wildman–Crippen MR) is 72.5 cm³/mol. The molecule has 20 heavy (non-hydrogen) atoms. The van der Waals surface area contributed by atoms with Crippen molar-refractivity contribution in [3.63, 3.8) is 0 Å². The van der Waals surface area contributed by atoms with Crippen LogP contribution in [0.3, 0.4) is 0 Å². The Balaban J connectivity index is 1.97. The molecule has 0 aliphatic carbocycles. The standard InChI is InChI=1S/C13H16N4O3/c14-12(17-20)8-2-1-3-9(6-8)13(19)15-7-10-4-5-11(18)16-10/h1-3,6,10,20H,4-5,7H2,(H2,14,17)(H,15,19)(H,16,18). The van der Waals surface area contributed by atoms with Crippen LogP contribution in [-0.2, 0) is 4.79 Å². The van der Waals surface area contributed by atoms with Crippen molar-refractivity contribution >= 4 is 17.6 Å². The Morgan fingerprint density at radius 1 is 1.50 bits per heavy atom. The summed E-state index contributed by atoms with van der Waals surface area (Å²) in [4.78, 5) is 23.0. The Morgan fingerprint density at radius 3 is 2.90 bits per heavy atom. The second-order valence-corrected chi connectivity index (χ2v) is 4.58. The zero-order chi connectivity index (χ0) is 14.5. The molecule has 106 valence electrons. The van der Waals surface area contributed by atoms with Gasteiger partial charge in [0.25, 0.3) is 5.91 Å². The zero-order valence-electron chi connectivity index (χ0n) is 10.8. The van der Waals surface area contributed by atoms with E-state index in [0.29, 0.717) is 24.1 Å². The van der Waals surface area contributed by atoms with Crippen LogP contribution >= 0.6 is 0 Å². The summed E-state index contributed by atoms with van der Waals surface area (Å²) < 4.78 is 0. The Labute approximate surface area is 115 Å². The molecule has 7 nitrogen and oxygen atoms in total. The molecule has 1 aromatic rings. The number of hydrogen-bond donors (Lipinski definition) is 4. The van der Waals surface area contributed by atoms with Crippen LogP contribution in [0.25, 0.3) is 0 Å². The van der Waals surface area contributed by atoms with Gasteiger partial charge in [-0.1, -0.05) is 17.3 Å². The lowest BCUT2D eigenvalue weighted by molar-refractivity contribution is -0.119. The average molecular weight is 276 g/mol. The maximum Gasteiger partial charge on any atom is 0.251 e. The van der Waals surface area contributed by atoms with Crippen molar-refractivity contribution in [3.8, 4) is 0 Å². The number of nitrogens with zero attached hydrogens (tertiary/aromatic N) is 1. The number of amidine groups is 1. The number of hydrogen-bond acceptors (Lipinski definition) is 4. The van der Waals surface area contributed by atoms with E-state index < -0.39 is 0 Å². The molecular formula is C13H16N4O3. The van der Waals surface area contributed by atoms with Gasteiger partial charge in [-0.25, -0.2) is 0 Å². The van der Waals surface area contributed by atoms with Crippen molar-refractivity contribution in [3.05, 3.63) is 35.4 Å². The minimum absolute atomic E-state index is 0.0122. The molecule has 0 spiro atoms. The highest BCUT2D eigenvalue weighted by Crippen LogP contribution is 2.07. The van der Waals surface area contributed by atoms with E-state index in [1.165, 1.54) is 6.07 Å². The Kier molecular flexibility index (Phi) is 4.19. The normalized spacial score (nSPS) is 18.7. The Bertz CT molecular complexity index is 556. The fraction of sp³-hybridized carbons (Fsp3) is 0.308. The van der Waals surface area contributed by atoms with Crippen LogP contribution in [0.15, 0.2) is 29.4 Å². The van der Waals surface area contributed by atoms with Gasteiger partial charge in [-0.15, -0.1) is 0 Å². The fourth-order valence-corrected chi connectivity index (χ4v) is 2.03. The summed E-state index contributed by atoms with van der Waals surface area (Å²) in [6.45, 7) is 0.387. The van der Waals surface area contributed by atoms with Crippen molar-refractivity contribution in [2.24, 2.45) is 10.9 Å². The molecule has 1 fully saturated rings. The third-order valence-electron chi connectivity index (χ3n) is 3.12. The number of carbonyl (C=O) groups is 2. The van der Waals surface area contributed by atoms with Gasteiger partial charge in [0, 0.05) is 30.1 Å². The third-order valence-corrected chi connectivity index (χ3v) is 3.12. The maximum absolute atomic E-state index is 12.0. The summed E-state index contributed by atoms with van der Waals surface area (Å²) in [5.41, 5.74) is 6.36. The molecule has 1 heterocycles. The molecular weight excluding hydrogens is 260 g/mol. The van der Waals surface area contributed by atoms with Gasteiger partial charge in [0.05, 0.1) is 0 Å². The summed E-state index contributed by atoms with van der Waals surface area (Å²) in [5.74, 6) is -0.306. The molecule has 1 aliphatic rings. The van der Waals surface area contributed by atoms with Crippen LogP contribution in [-0.4, -0.2) is 35.4 Å². The maximum atomic E-state index is 12.0. The van der Waals surface area contributed by atoms with Crippen LogP contribution in [0, 0.1) is 0 Å². The molecule has 1 unspecified atom stereocenters. The highest BCUT2D eigenvalue weighted by Gasteiger charge is 2.21. The van der Waals surface area contributed by atoms with Gasteiger partial charge in [0.1, 0.15) is 0 Å². The SMILES string of the molecule is NC(=NO)c1cccc(C(=O)NCC2CCC(=O)N2)c1. The number of nitrogens with two attached hydrogens (primary N) is 1. The summed E-state index contributed by atoms with van der Waals surface area (Å²) in [5, 5.41) is 17.0. The predicted octanol–water partition coefficient (Wildman–Crippen LogP) is -0.210. The zero-order valence-corrected chi connectivity index (χ0v) is 10.8. The lowest BCUT2D eigenvalue weighted by Crippen LogP contribution is -2.38. The highest BCUT2D eigenvalue weighted by molar-refractivity contribution is 6.01. The summed E-state index contributed by atoms with van der Waals surface area (Å²) in [6.07, 6.45) is 1.22. The topological polar surface area (TPSA) is 117 Å². The van der Waals surface area contributed by atoms with E-state index in [-0.39, 0.29) is 23.7 Å². The van der Waals surface area contributed by atoms with Crippen LogP contribution in [0.4, 0.5) is 0 Å². The molecule has 0 saturated carbocycles. The lowest BCUT2D eigenvalue weighted by atomic mass is 10.1. The van der Waals surface area contributed by atoms with Crippen molar-refractivity contribution < 1.29 is 14.8 Å². The average Bonchev–Trinajstić information content (AvgIpc) is 2.89. The first-order chi connectivity index (χ1) is 9.60. The van der Waals surface area contributed by atoms with Gasteiger partial charge in [-0.2, -0.15) is 0 Å². The summed E-state index contributed by atoms with van der Waals surface area (Å²) in [6, 6.07) is 6.45. The molecule has 7 heteroatoms. The number of amides is 2. The number of rotatable bonds is 4. The van der Waals surface area contributed by atoms with E-state index in [1.54, 1.807) is 18.2 Å². The molecule has 0 bridgehead atoms. The molecule has 5 N–H and O–H groups in total. The first-order valence-electron chi connectivity index (χ1n) is 6.25. The number of oxime groups is 1. The highest BCUT2D eigenvalue weighted by atomic mass is 16.4. The minimum atomic E-state index is -0.265. The van der Waals surface area contributed by atoms with Gasteiger partial charge in [-0.3, -0.25) is 9.59 Å². The van der Waals surface area contributed by atoms with Gasteiger partial charge in [0.2, 0.25) is 5.91 Å². The van der Waals surface area contributed by atoms with Crippen molar-refractivity contribution in [1.29, 1.82) is 0 Å². The first kappa shape index (κ1) is 13.9. The van der Waals surface area contributed by atoms with E-state index in [9.17, 15) is 9.59 Å². The van der Waals surface area contributed by atoms with Crippen molar-refractivity contribution in [2.45, 2.75) is 18.9 Å². The first-order valence-corrected chi connectivity index (χ1v) is 6.25. The molecule has 0 aromatic heterocycles. The molecule has 2 rings (SSSR count). The van der Waals surface area contributed by atoms with Gasteiger partial charge < -0.3 is 21.6 Å². The quantitative estimate of drug-likeness (QED) is 0.263. The number of nitrogens with one attached hydrogen (secondary N) is 2. The minimum Gasteiger partial charge on any atom is -0.409 e. The Morgan fingerprint density at radius 2 is 2.25 bits per heavy atom. The van der Waals surface area contributed by atoms with E-state index >= 15 is 0 Å². The second-order valence-electron chi connectivity index (χ2n) is 4.58. The van der Waals surface area contributed by atoms with Crippen LogP contribution < -0.4 is 16.4 Å². The second kappa shape index (κ2) is 6.05. The molecule has 2 amide bonds. The van der Waals surface area contributed by atoms with Crippen LogP contribution in [0.2, 0.25) is 0 Å². The van der Waals surface area contributed by atoms with Gasteiger partial charge in [-0.05, 0) is 18.6 Å². The number of carbonyl (C=O) groups excluding carboxylic acids is 2. The van der Waals surface area contributed by atoms with Crippen molar-refractivity contribution in [1.82, 2.24) is 10.6 Å². The van der Waals surface area contributed by atoms with Gasteiger partial charge in [0.15, 0.2) is 5.84 Å². The van der Waals surface area contributed by atoms with Gasteiger partial charge >= 0.3 is 0 Å². The third kappa shape index (κ3) is 3.25. The molecule has 1 atom stereocenters. The Hall–Kier alpha value is -2.57. The summed E-state index contributed by atoms with van der Waals surface area (Å²) in [7, 11) is 0. The lowest BCUT2D eigenvalue weighted by Gasteiger charge is -2.11. The van der Waals surface area contributed by atoms with Crippen LogP contribution in [0.1, 0.15) is 28.8 Å². The molecule has 1 aliphatic heterocycles. The number of benzene rings is 1. The van der Waals surface area contributed by atoms with E-state index in [4.69, 9.17) is 10.9 Å². The van der Waals surface area contributed by atoms with Crippen molar-refractivity contribution in [2.75, 3.05) is 6.54 Å². The van der Waals surface area contributed by atoms with E-state index in [2.05, 4.69) is 15.8 Å². The largest absolute Gasteiger partial charge is 0.409 e. The molecule has 1 saturated heterocycles. The molecule has 0 radical (unpaired) electrons. The fourth-order valence-electron chi connectivity index (χ4n) is 2.03. The summed E-state index contributed by atoms with van der Waals surface area (Å²) >= 11 is 0. The monoisotopic (exact) mass is 276 g/mol. The molecule has 1 aromatic carbocycles. The van der Waals surface area contributed by atoms with Crippen LogP contribution in [0.5, 0.6) is 0 Å². The van der Waals surface area contributed by atoms with E-state index in [1.807, 2.05) is 0 Å². The smallest absolute Gasteiger partial charge is 0.251 e.